The third kappa shape index (κ3) is 3.15. The Morgan fingerprint density at radius 2 is 1.96 bits per heavy atom. The van der Waals surface area contributed by atoms with Gasteiger partial charge in [0, 0.05) is 50.5 Å². The molecule has 1 amide bonds. The molecule has 0 bridgehead atoms. The molecule has 23 heavy (non-hydrogen) atoms. The fourth-order valence-electron chi connectivity index (χ4n) is 2.69. The van der Waals surface area contributed by atoms with Gasteiger partial charge >= 0.3 is 6.55 Å². The number of anilines is 1. The number of halogens is 2. The van der Waals surface area contributed by atoms with Gasteiger partial charge in [-0.1, -0.05) is 0 Å². The van der Waals surface area contributed by atoms with Crippen LogP contribution in [0.5, 0.6) is 0 Å². The van der Waals surface area contributed by atoms with Crippen LogP contribution in [0.15, 0.2) is 30.7 Å². The molecular weight excluding hydrogens is 304 g/mol. The van der Waals surface area contributed by atoms with Crippen molar-refractivity contribution in [2.75, 3.05) is 31.1 Å². The van der Waals surface area contributed by atoms with Gasteiger partial charge in [0.05, 0.1) is 0 Å². The highest BCUT2D eigenvalue weighted by molar-refractivity contribution is 5.92. The first-order chi connectivity index (χ1) is 11.1. The minimum atomic E-state index is -2.73. The van der Waals surface area contributed by atoms with E-state index in [4.69, 9.17) is 0 Å². The monoisotopic (exact) mass is 321 g/mol. The van der Waals surface area contributed by atoms with Gasteiger partial charge in [-0.25, -0.2) is 4.68 Å². The van der Waals surface area contributed by atoms with E-state index in [1.807, 2.05) is 19.2 Å². The Morgan fingerprint density at radius 3 is 2.57 bits per heavy atom. The third-order valence-electron chi connectivity index (χ3n) is 3.93. The molecule has 8 heteroatoms. The van der Waals surface area contributed by atoms with Crippen LogP contribution < -0.4 is 4.90 Å². The predicted octanol–water partition coefficient (Wildman–Crippen LogP) is 1.94. The minimum absolute atomic E-state index is 0.0545. The number of hydrogen-bond donors (Lipinski definition) is 0. The summed E-state index contributed by atoms with van der Waals surface area (Å²) in [7, 11) is 0. The number of pyridine rings is 1. The van der Waals surface area contributed by atoms with E-state index < -0.39 is 6.55 Å². The first-order valence-electron chi connectivity index (χ1n) is 7.34. The van der Waals surface area contributed by atoms with E-state index in [0.717, 1.165) is 17.4 Å². The van der Waals surface area contributed by atoms with Crippen LogP contribution in [0.2, 0.25) is 0 Å². The SMILES string of the molecule is Cc1cnccc1N1CCN(C(=O)c2ccn(C(F)F)n2)CC1. The summed E-state index contributed by atoms with van der Waals surface area (Å²) in [6, 6.07) is 3.28. The van der Waals surface area contributed by atoms with Gasteiger partial charge in [0.25, 0.3) is 5.91 Å². The van der Waals surface area contributed by atoms with E-state index in [2.05, 4.69) is 15.0 Å². The van der Waals surface area contributed by atoms with Gasteiger partial charge in [0.15, 0.2) is 5.69 Å². The smallest absolute Gasteiger partial charge is 0.333 e. The Balaban J connectivity index is 1.64. The Kier molecular flexibility index (Phi) is 4.22. The molecule has 0 unspecified atom stereocenters. The molecule has 2 aromatic heterocycles. The van der Waals surface area contributed by atoms with Gasteiger partial charge < -0.3 is 9.80 Å². The second kappa shape index (κ2) is 6.31. The van der Waals surface area contributed by atoms with Crippen molar-refractivity contribution in [2.45, 2.75) is 13.5 Å². The largest absolute Gasteiger partial charge is 0.368 e. The Labute approximate surface area is 132 Å². The van der Waals surface area contributed by atoms with Gasteiger partial charge in [-0.05, 0) is 24.6 Å². The zero-order valence-corrected chi connectivity index (χ0v) is 12.7. The van der Waals surface area contributed by atoms with E-state index in [1.165, 1.54) is 6.07 Å². The first-order valence-corrected chi connectivity index (χ1v) is 7.34. The van der Waals surface area contributed by atoms with Gasteiger partial charge in [0.2, 0.25) is 0 Å². The Bertz CT molecular complexity index is 695. The number of amides is 1. The van der Waals surface area contributed by atoms with Crippen molar-refractivity contribution in [3.8, 4) is 0 Å². The topological polar surface area (TPSA) is 54.3 Å². The summed E-state index contributed by atoms with van der Waals surface area (Å²) < 4.78 is 25.5. The van der Waals surface area contributed by atoms with Crippen LogP contribution in [0.1, 0.15) is 22.6 Å². The van der Waals surface area contributed by atoms with Crippen molar-refractivity contribution in [3.63, 3.8) is 0 Å². The Hall–Kier alpha value is -2.51. The fraction of sp³-hybridized carbons (Fsp3) is 0.400. The van der Waals surface area contributed by atoms with Crippen LogP contribution in [0.3, 0.4) is 0 Å². The van der Waals surface area contributed by atoms with E-state index in [1.54, 1.807) is 11.1 Å². The minimum Gasteiger partial charge on any atom is -0.368 e. The molecule has 0 saturated carbocycles. The van der Waals surface area contributed by atoms with Crippen molar-refractivity contribution in [2.24, 2.45) is 0 Å². The quantitative estimate of drug-likeness (QED) is 0.867. The molecule has 0 spiro atoms. The molecule has 0 N–H and O–H groups in total. The molecule has 3 rings (SSSR count). The number of piperazine rings is 1. The summed E-state index contributed by atoms with van der Waals surface area (Å²) in [6.07, 6.45) is 4.68. The van der Waals surface area contributed by atoms with Crippen LogP contribution in [0, 0.1) is 6.92 Å². The second-order valence-corrected chi connectivity index (χ2v) is 5.40. The average molecular weight is 321 g/mol. The van der Waals surface area contributed by atoms with Crippen molar-refractivity contribution >= 4 is 11.6 Å². The van der Waals surface area contributed by atoms with Gasteiger partial charge in [0.1, 0.15) is 0 Å². The maximum Gasteiger partial charge on any atom is 0.333 e. The summed E-state index contributed by atoms with van der Waals surface area (Å²) in [5, 5.41) is 3.63. The first kappa shape index (κ1) is 15.4. The average Bonchev–Trinajstić information content (AvgIpc) is 3.05. The van der Waals surface area contributed by atoms with E-state index in [-0.39, 0.29) is 11.6 Å². The van der Waals surface area contributed by atoms with E-state index in [0.29, 0.717) is 30.9 Å². The molecule has 3 heterocycles. The van der Waals surface area contributed by atoms with Crippen LogP contribution in [-0.2, 0) is 0 Å². The van der Waals surface area contributed by atoms with Gasteiger partial charge in [-0.2, -0.15) is 13.9 Å². The number of nitrogens with zero attached hydrogens (tertiary/aromatic N) is 5. The molecule has 6 nitrogen and oxygen atoms in total. The molecule has 2 aromatic rings. The van der Waals surface area contributed by atoms with Crippen molar-refractivity contribution in [1.82, 2.24) is 19.7 Å². The number of carbonyl (C=O) groups excluding carboxylic acids is 1. The van der Waals surface area contributed by atoms with Crippen molar-refractivity contribution in [1.29, 1.82) is 0 Å². The number of aryl methyl sites for hydroxylation is 1. The number of hydrogen-bond acceptors (Lipinski definition) is 4. The number of alkyl halides is 2. The molecule has 1 fully saturated rings. The number of aromatic nitrogens is 3. The highest BCUT2D eigenvalue weighted by atomic mass is 19.3. The number of rotatable bonds is 3. The second-order valence-electron chi connectivity index (χ2n) is 5.40. The van der Waals surface area contributed by atoms with Gasteiger partial charge in [-0.15, -0.1) is 0 Å². The van der Waals surface area contributed by atoms with Crippen LogP contribution in [-0.4, -0.2) is 51.8 Å². The zero-order chi connectivity index (χ0) is 16.4. The van der Waals surface area contributed by atoms with E-state index >= 15 is 0 Å². The predicted molar refractivity (Wildman–Crippen MR) is 80.6 cm³/mol. The third-order valence-corrected chi connectivity index (χ3v) is 3.93. The summed E-state index contributed by atoms with van der Waals surface area (Å²) in [6.45, 7) is 1.70. The molecule has 0 aromatic carbocycles. The highest BCUT2D eigenvalue weighted by Gasteiger charge is 2.25. The van der Waals surface area contributed by atoms with E-state index in [9.17, 15) is 13.6 Å². The van der Waals surface area contributed by atoms with Gasteiger partial charge in [-0.3, -0.25) is 9.78 Å². The summed E-state index contributed by atoms with van der Waals surface area (Å²) in [4.78, 5) is 20.2. The molecule has 0 atom stereocenters. The van der Waals surface area contributed by atoms with Crippen molar-refractivity contribution < 1.29 is 13.6 Å². The summed E-state index contributed by atoms with van der Waals surface area (Å²) in [5.74, 6) is -0.310. The lowest BCUT2D eigenvalue weighted by molar-refractivity contribution is 0.0550. The lowest BCUT2D eigenvalue weighted by Crippen LogP contribution is -2.49. The normalized spacial score (nSPS) is 15.3. The standard InChI is InChI=1S/C15H17F2N5O/c1-11-10-18-4-2-13(11)20-6-8-21(9-7-20)14(23)12-3-5-22(19-12)15(16)17/h2-5,10,15H,6-9H2,1H3. The fourth-order valence-corrected chi connectivity index (χ4v) is 2.69. The van der Waals surface area contributed by atoms with Crippen LogP contribution in [0.4, 0.5) is 14.5 Å². The van der Waals surface area contributed by atoms with Crippen LogP contribution in [0.25, 0.3) is 0 Å². The lowest BCUT2D eigenvalue weighted by Gasteiger charge is -2.36. The molecular formula is C15H17F2N5O. The summed E-state index contributed by atoms with van der Waals surface area (Å²) >= 11 is 0. The maximum absolute atomic E-state index is 12.5. The zero-order valence-electron chi connectivity index (χ0n) is 12.7. The maximum atomic E-state index is 12.5. The van der Waals surface area contributed by atoms with Crippen LogP contribution >= 0.6 is 0 Å². The highest BCUT2D eigenvalue weighted by Crippen LogP contribution is 2.20. The molecule has 1 aliphatic rings. The molecule has 0 aliphatic carbocycles. The molecule has 0 radical (unpaired) electrons. The Morgan fingerprint density at radius 1 is 1.22 bits per heavy atom. The summed E-state index contributed by atoms with van der Waals surface area (Å²) in [5.41, 5.74) is 2.25. The lowest BCUT2D eigenvalue weighted by atomic mass is 10.2. The molecule has 1 saturated heterocycles. The molecule has 122 valence electrons. The van der Waals surface area contributed by atoms with Crippen molar-refractivity contribution in [3.05, 3.63) is 42.0 Å². The molecule has 1 aliphatic heterocycles. The number of carbonyl (C=O) groups is 1.